The van der Waals surface area contributed by atoms with Crippen molar-refractivity contribution < 1.29 is 27.1 Å². The van der Waals surface area contributed by atoms with E-state index in [1.807, 2.05) is 0 Å². The van der Waals surface area contributed by atoms with Crippen LogP contribution in [0.3, 0.4) is 0 Å². The molecule has 1 unspecified atom stereocenters. The van der Waals surface area contributed by atoms with Crippen molar-refractivity contribution in [3.8, 4) is 0 Å². The first kappa shape index (κ1) is 19.3. The van der Waals surface area contributed by atoms with Gasteiger partial charge in [0.1, 0.15) is 6.04 Å². The SMILES string of the molecule is Nc1ccc(C(=O)N[C@H]2CCCN(P(N)(=O)NS(=O)(=O)O)C2=O)cc1. The maximum Gasteiger partial charge on any atom is 0.341 e. The Morgan fingerprint density at radius 2 is 1.92 bits per heavy atom. The lowest BCUT2D eigenvalue weighted by Crippen LogP contribution is -2.53. The lowest BCUT2D eigenvalue weighted by molar-refractivity contribution is -0.130. The molecule has 1 saturated heterocycles. The number of hydrogen-bond acceptors (Lipinski definition) is 6. The normalized spacial score (nSPS) is 20.8. The average Bonchev–Trinajstić information content (AvgIpc) is 2.47. The fraction of sp³-hybridized carbons (Fsp3) is 0.333. The molecule has 0 spiro atoms. The van der Waals surface area contributed by atoms with E-state index < -0.39 is 35.8 Å². The van der Waals surface area contributed by atoms with E-state index in [-0.39, 0.29) is 18.5 Å². The molecule has 138 valence electrons. The van der Waals surface area contributed by atoms with Crippen LogP contribution in [-0.4, -0.2) is 42.0 Å². The zero-order valence-corrected chi connectivity index (χ0v) is 14.7. The molecule has 1 aliphatic rings. The van der Waals surface area contributed by atoms with Crippen LogP contribution in [0.4, 0.5) is 5.69 Å². The maximum absolute atomic E-state index is 12.4. The van der Waals surface area contributed by atoms with Gasteiger partial charge in [-0.1, -0.05) is 0 Å². The molecule has 1 fully saturated rings. The minimum Gasteiger partial charge on any atom is -0.399 e. The van der Waals surface area contributed by atoms with Gasteiger partial charge in [0.25, 0.3) is 11.8 Å². The molecule has 2 amide bonds. The molecule has 7 N–H and O–H groups in total. The Morgan fingerprint density at radius 1 is 1.32 bits per heavy atom. The number of nitrogen functional groups attached to an aromatic ring is 1. The Morgan fingerprint density at radius 3 is 2.48 bits per heavy atom. The average molecular weight is 391 g/mol. The number of carbonyl (C=O) groups excluding carboxylic acids is 2. The van der Waals surface area contributed by atoms with Crippen molar-refractivity contribution in [1.29, 1.82) is 0 Å². The van der Waals surface area contributed by atoms with Gasteiger partial charge in [-0.25, -0.2) is 0 Å². The molecule has 1 aromatic carbocycles. The summed E-state index contributed by atoms with van der Waals surface area (Å²) in [6.45, 7) is -0.0800. The summed E-state index contributed by atoms with van der Waals surface area (Å²) in [6, 6.07) is 4.97. The van der Waals surface area contributed by atoms with Gasteiger partial charge in [0.2, 0.25) is 0 Å². The number of hydrogen-bond donors (Lipinski definition) is 5. The number of rotatable bonds is 5. The number of nitrogens with zero attached hydrogens (tertiary/aromatic N) is 1. The van der Waals surface area contributed by atoms with Crippen LogP contribution in [0.2, 0.25) is 0 Å². The number of piperidine rings is 1. The highest BCUT2D eigenvalue weighted by atomic mass is 32.2. The molecule has 11 nitrogen and oxygen atoms in total. The molecule has 13 heteroatoms. The van der Waals surface area contributed by atoms with Gasteiger partial charge in [0.05, 0.1) is 0 Å². The zero-order chi connectivity index (χ0) is 18.8. The number of anilines is 1. The van der Waals surface area contributed by atoms with Gasteiger partial charge < -0.3 is 11.1 Å². The fourth-order valence-corrected chi connectivity index (χ4v) is 4.97. The standard InChI is InChI=1S/C12H18N5O6PS/c13-9-5-3-8(4-6-9)11(18)15-10-2-1-7-17(12(10)19)24(14,20)16-25(21,22)23/h3-6,10H,1-2,7,13H2,(H,15,18)(H3,14,16,20)(H,21,22,23)/t10-,24?/m0/s1. The second-order valence-corrected chi connectivity index (χ2v) is 8.85. The van der Waals surface area contributed by atoms with E-state index in [9.17, 15) is 22.6 Å². The predicted molar refractivity (Wildman–Crippen MR) is 89.5 cm³/mol. The van der Waals surface area contributed by atoms with Gasteiger partial charge in [-0.3, -0.25) is 28.9 Å². The van der Waals surface area contributed by atoms with Crippen LogP contribution in [-0.2, 0) is 19.7 Å². The Labute approximate surface area is 144 Å². The van der Waals surface area contributed by atoms with E-state index in [1.165, 1.54) is 28.8 Å². The third-order valence-electron chi connectivity index (χ3n) is 3.50. The minimum atomic E-state index is -4.87. The maximum atomic E-state index is 12.4. The second kappa shape index (κ2) is 7.10. The first-order chi connectivity index (χ1) is 11.5. The van der Waals surface area contributed by atoms with Crippen molar-refractivity contribution >= 4 is 35.4 Å². The van der Waals surface area contributed by atoms with Crippen molar-refractivity contribution in [2.45, 2.75) is 18.9 Å². The lowest BCUT2D eigenvalue weighted by Gasteiger charge is -2.35. The highest BCUT2D eigenvalue weighted by Gasteiger charge is 2.40. The van der Waals surface area contributed by atoms with E-state index in [2.05, 4.69) is 5.32 Å². The van der Waals surface area contributed by atoms with Crippen molar-refractivity contribution in [2.75, 3.05) is 12.3 Å². The van der Waals surface area contributed by atoms with Crippen LogP contribution >= 0.6 is 7.59 Å². The molecule has 2 rings (SSSR count). The van der Waals surface area contributed by atoms with Gasteiger partial charge >= 0.3 is 17.9 Å². The van der Waals surface area contributed by atoms with Gasteiger partial charge in [-0.2, -0.15) is 8.42 Å². The molecule has 1 heterocycles. The van der Waals surface area contributed by atoms with E-state index in [0.29, 0.717) is 16.8 Å². The first-order valence-corrected chi connectivity index (χ1v) is 10.3. The number of carbonyl (C=O) groups is 2. The summed E-state index contributed by atoms with van der Waals surface area (Å²) in [7, 11) is -9.25. The molecular formula is C12H18N5O6PS. The number of benzene rings is 1. The van der Waals surface area contributed by atoms with Crippen molar-refractivity contribution in [2.24, 2.45) is 5.50 Å². The van der Waals surface area contributed by atoms with Crippen LogP contribution in [0.15, 0.2) is 24.3 Å². The number of nitrogens with one attached hydrogen (secondary N) is 2. The largest absolute Gasteiger partial charge is 0.399 e. The van der Waals surface area contributed by atoms with Crippen LogP contribution in [0, 0.1) is 0 Å². The summed E-state index contributed by atoms with van der Waals surface area (Å²) in [4.78, 5) is 24.6. The van der Waals surface area contributed by atoms with Crippen molar-refractivity contribution in [3.05, 3.63) is 29.8 Å². The summed E-state index contributed by atoms with van der Waals surface area (Å²) < 4.78 is 44.6. The van der Waals surface area contributed by atoms with Gasteiger partial charge in [0, 0.05) is 17.8 Å². The number of nitrogens with two attached hydrogens (primary N) is 2. The van der Waals surface area contributed by atoms with E-state index >= 15 is 0 Å². The molecule has 1 aromatic rings. The highest BCUT2D eigenvalue weighted by Crippen LogP contribution is 2.40. The Bertz CT molecular complexity index is 827. The molecule has 1 aliphatic heterocycles. The smallest absolute Gasteiger partial charge is 0.341 e. The molecule has 25 heavy (non-hydrogen) atoms. The molecule has 0 aromatic heterocycles. The lowest BCUT2D eigenvalue weighted by atomic mass is 10.1. The van der Waals surface area contributed by atoms with Gasteiger partial charge in [-0.05, 0) is 37.1 Å². The summed E-state index contributed by atoms with van der Waals surface area (Å²) in [5.41, 5.74) is 11.6. The topological polar surface area (TPSA) is 185 Å². The summed E-state index contributed by atoms with van der Waals surface area (Å²) in [5, 5.41) is 2.48. The molecule has 2 atom stereocenters. The molecule has 0 aliphatic carbocycles. The quantitative estimate of drug-likeness (QED) is 0.251. The van der Waals surface area contributed by atoms with Gasteiger partial charge in [0.15, 0.2) is 0 Å². The van der Waals surface area contributed by atoms with Crippen molar-refractivity contribution in [1.82, 2.24) is 14.5 Å². The Balaban J connectivity index is 2.12. The predicted octanol–water partition coefficient (Wildman–Crippen LogP) is -0.551. The Kier molecular flexibility index (Phi) is 5.49. The van der Waals surface area contributed by atoms with Gasteiger partial charge in [-0.15, -0.1) is 4.49 Å². The monoisotopic (exact) mass is 391 g/mol. The fourth-order valence-electron chi connectivity index (χ4n) is 2.38. The summed E-state index contributed by atoms with van der Waals surface area (Å²) >= 11 is 0. The van der Waals surface area contributed by atoms with E-state index in [0.717, 1.165) is 0 Å². The Hall–Kier alpha value is -1.98. The molecule has 0 radical (unpaired) electrons. The van der Waals surface area contributed by atoms with Crippen LogP contribution in [0.25, 0.3) is 0 Å². The molecular weight excluding hydrogens is 373 g/mol. The first-order valence-electron chi connectivity index (χ1n) is 7.13. The third-order valence-corrected chi connectivity index (χ3v) is 6.58. The minimum absolute atomic E-state index is 0.0800. The summed E-state index contributed by atoms with van der Waals surface area (Å²) in [6.07, 6.45) is 0.592. The van der Waals surface area contributed by atoms with Crippen LogP contribution in [0.5, 0.6) is 0 Å². The number of amides is 2. The van der Waals surface area contributed by atoms with E-state index in [1.54, 1.807) is 0 Å². The van der Waals surface area contributed by atoms with E-state index in [4.69, 9.17) is 15.8 Å². The van der Waals surface area contributed by atoms with Crippen molar-refractivity contribution in [3.63, 3.8) is 0 Å². The highest BCUT2D eigenvalue weighted by molar-refractivity contribution is 7.90. The second-order valence-electron chi connectivity index (χ2n) is 5.44. The summed E-state index contributed by atoms with van der Waals surface area (Å²) in [5.74, 6) is -1.35. The molecule has 0 saturated carbocycles. The van der Waals surface area contributed by atoms with Crippen LogP contribution < -0.4 is 21.0 Å². The molecule has 0 bridgehead atoms. The zero-order valence-electron chi connectivity index (χ0n) is 13.0. The third kappa shape index (κ3) is 5.00. The van der Waals surface area contributed by atoms with Crippen LogP contribution in [0.1, 0.15) is 23.2 Å².